The van der Waals surface area contributed by atoms with E-state index < -0.39 is 10.0 Å². The summed E-state index contributed by atoms with van der Waals surface area (Å²) in [5.74, 6) is 0. The molecule has 0 saturated heterocycles. The predicted octanol–water partition coefficient (Wildman–Crippen LogP) is 2.74. The molecule has 0 unspecified atom stereocenters. The van der Waals surface area contributed by atoms with Gasteiger partial charge in [0.15, 0.2) is 0 Å². The Morgan fingerprint density at radius 2 is 2.00 bits per heavy atom. The third-order valence-corrected chi connectivity index (χ3v) is 4.46. The standard InChI is InChI=1S/C10H8Cl2N2O2S/c1-7-5-14(6-13-7)17(15,16)10-4-8(11)2-3-9(10)12/h2-6H,1H3. The molecule has 1 aromatic heterocycles. The van der Waals surface area contributed by atoms with Gasteiger partial charge in [-0.25, -0.2) is 17.4 Å². The molecule has 0 aliphatic carbocycles. The summed E-state index contributed by atoms with van der Waals surface area (Å²) in [6, 6.07) is 4.29. The Kier molecular flexibility index (Phi) is 3.16. The van der Waals surface area contributed by atoms with Gasteiger partial charge in [-0.15, -0.1) is 0 Å². The van der Waals surface area contributed by atoms with Crippen LogP contribution in [0.25, 0.3) is 0 Å². The normalized spacial score (nSPS) is 11.7. The molecule has 90 valence electrons. The van der Waals surface area contributed by atoms with Gasteiger partial charge in [-0.2, -0.15) is 0 Å². The summed E-state index contributed by atoms with van der Waals surface area (Å²) in [5, 5.41) is 0.436. The highest BCUT2D eigenvalue weighted by Gasteiger charge is 2.20. The van der Waals surface area contributed by atoms with Crippen LogP contribution >= 0.6 is 23.2 Å². The van der Waals surface area contributed by atoms with Crippen LogP contribution in [0.2, 0.25) is 10.0 Å². The molecule has 1 aromatic carbocycles. The van der Waals surface area contributed by atoms with Crippen molar-refractivity contribution in [2.75, 3.05) is 0 Å². The Hall–Kier alpha value is -1.04. The van der Waals surface area contributed by atoms with Crippen LogP contribution < -0.4 is 0 Å². The summed E-state index contributed by atoms with van der Waals surface area (Å²) in [5.41, 5.74) is 0.603. The lowest BCUT2D eigenvalue weighted by Gasteiger charge is -2.07. The molecule has 0 radical (unpaired) electrons. The fourth-order valence-electron chi connectivity index (χ4n) is 1.32. The first-order chi connectivity index (χ1) is 7.91. The summed E-state index contributed by atoms with van der Waals surface area (Å²) < 4.78 is 25.4. The van der Waals surface area contributed by atoms with Crippen LogP contribution in [0.1, 0.15) is 5.69 Å². The Morgan fingerprint density at radius 1 is 1.29 bits per heavy atom. The van der Waals surface area contributed by atoms with Crippen LogP contribution in [0.15, 0.2) is 35.6 Å². The maximum atomic E-state index is 12.2. The molecule has 2 rings (SSSR count). The molecule has 0 amide bonds. The average molecular weight is 291 g/mol. The van der Waals surface area contributed by atoms with E-state index in [0.717, 1.165) is 3.97 Å². The molecule has 0 saturated carbocycles. The van der Waals surface area contributed by atoms with Crippen LogP contribution in [0, 0.1) is 6.92 Å². The zero-order valence-corrected chi connectivity index (χ0v) is 11.1. The van der Waals surface area contributed by atoms with E-state index in [0.29, 0.717) is 10.7 Å². The maximum Gasteiger partial charge on any atom is 0.270 e. The van der Waals surface area contributed by atoms with Crippen molar-refractivity contribution in [3.63, 3.8) is 0 Å². The number of rotatable bonds is 2. The van der Waals surface area contributed by atoms with Crippen molar-refractivity contribution in [3.8, 4) is 0 Å². The summed E-state index contributed by atoms with van der Waals surface area (Å²) in [6.07, 6.45) is 2.63. The SMILES string of the molecule is Cc1cn(S(=O)(=O)c2cc(Cl)ccc2Cl)cn1. The van der Waals surface area contributed by atoms with Gasteiger partial charge in [0.2, 0.25) is 0 Å². The lowest BCUT2D eigenvalue weighted by molar-refractivity contribution is 0.587. The summed E-state index contributed by atoms with van der Waals surface area (Å²) in [7, 11) is -3.73. The Bertz CT molecular complexity index is 665. The van der Waals surface area contributed by atoms with E-state index >= 15 is 0 Å². The largest absolute Gasteiger partial charge is 0.270 e. The van der Waals surface area contributed by atoms with Gasteiger partial charge < -0.3 is 0 Å². The van der Waals surface area contributed by atoms with Crippen molar-refractivity contribution in [3.05, 3.63) is 46.5 Å². The highest BCUT2D eigenvalue weighted by Crippen LogP contribution is 2.26. The molecule has 0 atom stereocenters. The van der Waals surface area contributed by atoms with E-state index in [1.807, 2.05) is 0 Å². The lowest BCUT2D eigenvalue weighted by Crippen LogP contribution is -2.11. The van der Waals surface area contributed by atoms with Crippen LogP contribution in [-0.4, -0.2) is 17.4 Å². The second-order valence-corrected chi connectivity index (χ2v) is 6.08. The topological polar surface area (TPSA) is 52.0 Å². The van der Waals surface area contributed by atoms with Gasteiger partial charge in [0.25, 0.3) is 10.0 Å². The minimum absolute atomic E-state index is 0.0379. The molecule has 0 aliphatic rings. The van der Waals surface area contributed by atoms with Crippen molar-refractivity contribution in [2.45, 2.75) is 11.8 Å². The molecule has 7 heteroatoms. The molecular weight excluding hydrogens is 283 g/mol. The van der Waals surface area contributed by atoms with Crippen molar-refractivity contribution in [1.82, 2.24) is 8.96 Å². The van der Waals surface area contributed by atoms with Gasteiger partial charge in [-0.1, -0.05) is 23.2 Å². The van der Waals surface area contributed by atoms with Gasteiger partial charge in [0.1, 0.15) is 11.2 Å². The summed E-state index contributed by atoms with van der Waals surface area (Å²) in [4.78, 5) is 3.83. The number of imidazole rings is 1. The first kappa shape index (κ1) is 12.4. The van der Waals surface area contributed by atoms with Crippen LogP contribution in [0.5, 0.6) is 0 Å². The maximum absolute atomic E-state index is 12.2. The van der Waals surface area contributed by atoms with Crippen molar-refractivity contribution < 1.29 is 8.42 Å². The van der Waals surface area contributed by atoms with E-state index in [1.54, 1.807) is 6.92 Å². The van der Waals surface area contributed by atoms with Gasteiger partial charge in [0.05, 0.1) is 10.7 Å². The zero-order chi connectivity index (χ0) is 12.6. The first-order valence-electron chi connectivity index (χ1n) is 4.62. The molecule has 0 fully saturated rings. The third kappa shape index (κ3) is 2.31. The van der Waals surface area contributed by atoms with E-state index in [1.165, 1.54) is 30.7 Å². The quantitative estimate of drug-likeness (QED) is 0.855. The molecule has 0 N–H and O–H groups in total. The molecule has 0 bridgehead atoms. The van der Waals surface area contributed by atoms with Gasteiger partial charge in [0, 0.05) is 11.2 Å². The molecule has 1 heterocycles. The Morgan fingerprint density at radius 3 is 2.59 bits per heavy atom. The second-order valence-electron chi connectivity index (χ2n) is 3.42. The van der Waals surface area contributed by atoms with Crippen molar-refractivity contribution >= 4 is 33.2 Å². The average Bonchev–Trinajstić information content (AvgIpc) is 2.69. The van der Waals surface area contributed by atoms with Crippen molar-refractivity contribution in [2.24, 2.45) is 0 Å². The molecule has 4 nitrogen and oxygen atoms in total. The van der Waals surface area contributed by atoms with Crippen LogP contribution in [-0.2, 0) is 10.0 Å². The van der Waals surface area contributed by atoms with Crippen molar-refractivity contribution in [1.29, 1.82) is 0 Å². The molecule has 17 heavy (non-hydrogen) atoms. The van der Waals surface area contributed by atoms with E-state index in [9.17, 15) is 8.42 Å². The first-order valence-corrected chi connectivity index (χ1v) is 6.82. The minimum Gasteiger partial charge on any atom is -0.241 e. The smallest absolute Gasteiger partial charge is 0.241 e. The highest BCUT2D eigenvalue weighted by molar-refractivity contribution is 7.90. The lowest BCUT2D eigenvalue weighted by atomic mass is 10.4. The second kappa shape index (κ2) is 4.33. The van der Waals surface area contributed by atoms with Gasteiger partial charge in [-0.05, 0) is 25.1 Å². The molecule has 2 aromatic rings. The number of halogens is 2. The summed E-state index contributed by atoms with van der Waals surface area (Å²) in [6.45, 7) is 1.70. The minimum atomic E-state index is -3.73. The molecule has 0 spiro atoms. The monoisotopic (exact) mass is 290 g/mol. The number of benzene rings is 1. The van der Waals surface area contributed by atoms with E-state index in [2.05, 4.69) is 4.98 Å². The Labute approximate surface area is 109 Å². The van der Waals surface area contributed by atoms with E-state index in [4.69, 9.17) is 23.2 Å². The fraction of sp³-hybridized carbons (Fsp3) is 0.100. The Balaban J connectivity index is 2.63. The number of hydrogen-bond donors (Lipinski definition) is 0. The molecule has 0 aliphatic heterocycles. The zero-order valence-electron chi connectivity index (χ0n) is 8.76. The number of aromatic nitrogens is 2. The molecular formula is C10H8Cl2N2O2S. The van der Waals surface area contributed by atoms with Crippen LogP contribution in [0.4, 0.5) is 0 Å². The summed E-state index contributed by atoms with van der Waals surface area (Å²) >= 11 is 11.6. The third-order valence-electron chi connectivity index (χ3n) is 2.14. The number of aryl methyl sites for hydroxylation is 1. The number of hydrogen-bond acceptors (Lipinski definition) is 3. The van der Waals surface area contributed by atoms with E-state index in [-0.39, 0.29) is 9.92 Å². The van der Waals surface area contributed by atoms with Crippen LogP contribution in [0.3, 0.4) is 0 Å². The number of nitrogens with zero attached hydrogens (tertiary/aromatic N) is 2. The van der Waals surface area contributed by atoms with Gasteiger partial charge in [-0.3, -0.25) is 0 Å². The predicted molar refractivity (Wildman–Crippen MR) is 66.0 cm³/mol. The fourth-order valence-corrected chi connectivity index (χ4v) is 3.25. The van der Waals surface area contributed by atoms with Gasteiger partial charge >= 0.3 is 0 Å². The highest BCUT2D eigenvalue weighted by atomic mass is 35.5.